The van der Waals surface area contributed by atoms with Crippen molar-refractivity contribution in [3.63, 3.8) is 0 Å². The molecule has 8 heteroatoms. The molecule has 0 aliphatic carbocycles. The molecular formula is C28H19N5O2S. The Hall–Kier alpha value is -4.69. The SMILES string of the molecule is Cc1ncc(-c2nc3[nH]cc(NC(=O)c4ccccc4)c(=O)c3cc2-c2ccc3ncccc3c2)s1. The molecule has 2 aromatic carbocycles. The quantitative estimate of drug-likeness (QED) is 0.325. The van der Waals surface area contributed by atoms with Crippen LogP contribution in [0, 0.1) is 6.92 Å². The predicted molar refractivity (Wildman–Crippen MR) is 143 cm³/mol. The monoisotopic (exact) mass is 489 g/mol. The van der Waals surface area contributed by atoms with Crippen molar-refractivity contribution in [2.75, 3.05) is 5.32 Å². The fourth-order valence-electron chi connectivity index (χ4n) is 4.15. The normalized spacial score (nSPS) is 11.1. The van der Waals surface area contributed by atoms with E-state index in [9.17, 15) is 9.59 Å². The lowest BCUT2D eigenvalue weighted by Crippen LogP contribution is -2.19. The van der Waals surface area contributed by atoms with Gasteiger partial charge in [0.15, 0.2) is 0 Å². The average molecular weight is 490 g/mol. The zero-order valence-corrected chi connectivity index (χ0v) is 20.0. The highest BCUT2D eigenvalue weighted by Gasteiger charge is 2.18. The van der Waals surface area contributed by atoms with Gasteiger partial charge in [-0.25, -0.2) is 9.97 Å². The molecule has 0 atom stereocenters. The maximum Gasteiger partial charge on any atom is 0.255 e. The number of carbonyl (C=O) groups excluding carboxylic acids is 1. The lowest BCUT2D eigenvalue weighted by atomic mass is 9.99. The highest BCUT2D eigenvalue weighted by Crippen LogP contribution is 2.36. The van der Waals surface area contributed by atoms with Gasteiger partial charge in [0, 0.05) is 35.1 Å². The van der Waals surface area contributed by atoms with Crippen LogP contribution in [0.3, 0.4) is 0 Å². The number of nitrogens with one attached hydrogen (secondary N) is 2. The second kappa shape index (κ2) is 8.83. The van der Waals surface area contributed by atoms with E-state index in [1.807, 2.05) is 49.4 Å². The number of nitrogens with zero attached hydrogens (tertiary/aromatic N) is 3. The molecule has 0 saturated carbocycles. The van der Waals surface area contributed by atoms with E-state index in [4.69, 9.17) is 4.98 Å². The number of hydrogen-bond donors (Lipinski definition) is 2. The molecule has 4 aromatic heterocycles. The zero-order valence-electron chi connectivity index (χ0n) is 19.1. The van der Waals surface area contributed by atoms with Gasteiger partial charge in [0.25, 0.3) is 5.91 Å². The first kappa shape index (κ1) is 21.8. The van der Waals surface area contributed by atoms with Gasteiger partial charge in [0.1, 0.15) is 11.3 Å². The number of anilines is 1. The third-order valence-electron chi connectivity index (χ3n) is 5.92. The number of amides is 1. The van der Waals surface area contributed by atoms with Gasteiger partial charge in [-0.2, -0.15) is 0 Å². The molecule has 7 nitrogen and oxygen atoms in total. The summed E-state index contributed by atoms with van der Waals surface area (Å²) in [5.74, 6) is -0.354. The summed E-state index contributed by atoms with van der Waals surface area (Å²) >= 11 is 1.54. The maximum atomic E-state index is 13.4. The molecule has 0 bridgehead atoms. The van der Waals surface area contributed by atoms with Gasteiger partial charge < -0.3 is 10.3 Å². The standard InChI is InChI=1S/C28H19N5O2S/c1-16-30-15-24(36-16)25-20(18-9-10-22-19(12-18)8-5-11-29-22)13-21-26(34)23(14-31-27(21)33-25)32-28(35)17-6-3-2-4-7-17/h2-15H,1H3,(H,32,35)(H,31,33,34). The van der Waals surface area contributed by atoms with Crippen molar-refractivity contribution >= 4 is 44.9 Å². The Morgan fingerprint density at radius 3 is 2.67 bits per heavy atom. The number of carbonyl (C=O) groups is 1. The summed E-state index contributed by atoms with van der Waals surface area (Å²) in [6.07, 6.45) is 5.05. The smallest absolute Gasteiger partial charge is 0.255 e. The molecular weight excluding hydrogens is 470 g/mol. The summed E-state index contributed by atoms with van der Waals surface area (Å²) in [7, 11) is 0. The Kier molecular flexibility index (Phi) is 5.35. The summed E-state index contributed by atoms with van der Waals surface area (Å²) in [5, 5.41) is 5.02. The molecule has 0 fully saturated rings. The van der Waals surface area contributed by atoms with Crippen molar-refractivity contribution < 1.29 is 4.79 Å². The van der Waals surface area contributed by atoms with Crippen LogP contribution < -0.4 is 10.7 Å². The maximum absolute atomic E-state index is 13.4. The van der Waals surface area contributed by atoms with Crippen molar-refractivity contribution in [1.29, 1.82) is 0 Å². The summed E-state index contributed by atoms with van der Waals surface area (Å²) in [5.41, 5.74) is 4.07. The van der Waals surface area contributed by atoms with Crippen molar-refractivity contribution in [2.24, 2.45) is 0 Å². The second-order valence-electron chi connectivity index (χ2n) is 8.29. The van der Waals surface area contributed by atoms with E-state index in [1.54, 1.807) is 48.0 Å². The third kappa shape index (κ3) is 3.93. The van der Waals surface area contributed by atoms with Crippen molar-refractivity contribution in [3.8, 4) is 21.7 Å². The molecule has 2 N–H and O–H groups in total. The number of aromatic nitrogens is 4. The molecule has 0 aliphatic heterocycles. The molecule has 174 valence electrons. The van der Waals surface area contributed by atoms with E-state index in [1.165, 1.54) is 6.20 Å². The van der Waals surface area contributed by atoms with E-state index >= 15 is 0 Å². The van der Waals surface area contributed by atoms with Crippen LogP contribution in [0.5, 0.6) is 0 Å². The molecule has 0 aliphatic rings. The number of H-pyrrole nitrogens is 1. The number of thiazole rings is 1. The van der Waals surface area contributed by atoms with Crippen molar-refractivity contribution in [3.05, 3.63) is 106 Å². The molecule has 6 rings (SSSR count). The second-order valence-corrected chi connectivity index (χ2v) is 9.52. The van der Waals surface area contributed by atoms with Crippen LogP contribution in [0.25, 0.3) is 43.6 Å². The van der Waals surface area contributed by atoms with Crippen LogP contribution in [0.15, 0.2) is 90.1 Å². The van der Waals surface area contributed by atoms with E-state index in [-0.39, 0.29) is 17.0 Å². The van der Waals surface area contributed by atoms with Crippen LogP contribution >= 0.6 is 11.3 Å². The molecule has 0 saturated heterocycles. The van der Waals surface area contributed by atoms with Crippen LogP contribution in [0.4, 0.5) is 5.69 Å². The van der Waals surface area contributed by atoms with Crippen LogP contribution in [0.1, 0.15) is 15.4 Å². The van der Waals surface area contributed by atoms with Crippen LogP contribution in [0.2, 0.25) is 0 Å². The lowest BCUT2D eigenvalue weighted by molar-refractivity contribution is 0.102. The van der Waals surface area contributed by atoms with Gasteiger partial charge >= 0.3 is 0 Å². The highest BCUT2D eigenvalue weighted by atomic mass is 32.1. The third-order valence-corrected chi connectivity index (χ3v) is 6.84. The van der Waals surface area contributed by atoms with E-state index in [0.29, 0.717) is 16.6 Å². The lowest BCUT2D eigenvalue weighted by Gasteiger charge is -2.12. The van der Waals surface area contributed by atoms with Crippen LogP contribution in [-0.2, 0) is 0 Å². The first-order chi connectivity index (χ1) is 17.6. The van der Waals surface area contributed by atoms with Gasteiger partial charge in [-0.1, -0.05) is 30.3 Å². The Morgan fingerprint density at radius 2 is 1.86 bits per heavy atom. The first-order valence-electron chi connectivity index (χ1n) is 11.3. The number of fused-ring (bicyclic) bond motifs is 2. The van der Waals surface area contributed by atoms with E-state index in [2.05, 4.69) is 20.3 Å². The summed E-state index contributed by atoms with van der Waals surface area (Å²) in [6, 6.07) is 20.5. The minimum atomic E-state index is -0.354. The zero-order chi connectivity index (χ0) is 24.6. The van der Waals surface area contributed by atoms with Crippen molar-refractivity contribution in [2.45, 2.75) is 6.92 Å². The van der Waals surface area contributed by atoms with Gasteiger partial charge in [0.2, 0.25) is 5.43 Å². The van der Waals surface area contributed by atoms with E-state index < -0.39 is 0 Å². The number of aromatic amines is 1. The minimum absolute atomic E-state index is 0.160. The Labute approximate surface area is 209 Å². The number of rotatable bonds is 4. The minimum Gasteiger partial charge on any atom is -0.344 e. The molecule has 4 heterocycles. The summed E-state index contributed by atoms with van der Waals surface area (Å²) in [4.78, 5) is 43.8. The van der Waals surface area contributed by atoms with Crippen molar-refractivity contribution in [1.82, 2.24) is 19.9 Å². The van der Waals surface area contributed by atoms with E-state index in [0.717, 1.165) is 37.6 Å². The number of benzene rings is 2. The topological polar surface area (TPSA) is 101 Å². The number of pyridine rings is 3. The molecule has 0 unspecified atom stereocenters. The number of aryl methyl sites for hydroxylation is 1. The molecule has 0 radical (unpaired) electrons. The Balaban J connectivity index is 1.53. The first-order valence-corrected chi connectivity index (χ1v) is 12.1. The molecule has 0 spiro atoms. The Morgan fingerprint density at radius 1 is 1.00 bits per heavy atom. The molecule has 1 amide bonds. The van der Waals surface area contributed by atoms with Crippen LogP contribution in [-0.4, -0.2) is 25.8 Å². The fourth-order valence-corrected chi connectivity index (χ4v) is 4.93. The largest absolute Gasteiger partial charge is 0.344 e. The number of hydrogen-bond acceptors (Lipinski definition) is 6. The highest BCUT2D eigenvalue weighted by molar-refractivity contribution is 7.15. The molecule has 6 aromatic rings. The Bertz CT molecular complexity index is 1830. The fraction of sp³-hybridized carbons (Fsp3) is 0.0357. The predicted octanol–water partition coefficient (Wildman–Crippen LogP) is 5.82. The van der Waals surface area contributed by atoms with Gasteiger partial charge in [-0.3, -0.25) is 14.6 Å². The summed E-state index contributed by atoms with van der Waals surface area (Å²) < 4.78 is 0. The van der Waals surface area contributed by atoms with Gasteiger partial charge in [-0.05, 0) is 48.9 Å². The van der Waals surface area contributed by atoms with Gasteiger partial charge in [0.05, 0.1) is 26.5 Å². The molecule has 36 heavy (non-hydrogen) atoms. The summed E-state index contributed by atoms with van der Waals surface area (Å²) in [6.45, 7) is 1.94. The van der Waals surface area contributed by atoms with Gasteiger partial charge in [-0.15, -0.1) is 11.3 Å². The average Bonchev–Trinajstić information content (AvgIpc) is 3.36.